The van der Waals surface area contributed by atoms with E-state index in [1.165, 1.54) is 0 Å². The number of aliphatic carboxylic acids is 2. The fourth-order valence-electron chi connectivity index (χ4n) is 0.602. The molecule has 0 aliphatic carbocycles. The van der Waals surface area contributed by atoms with Crippen LogP contribution in [0.4, 0.5) is 0 Å². The van der Waals surface area contributed by atoms with Crippen LogP contribution in [0.2, 0.25) is 0 Å². The maximum absolute atomic E-state index is 10.7. The molecule has 0 fully saturated rings. The first kappa shape index (κ1) is 11.8. The van der Waals surface area contributed by atoms with Gasteiger partial charge in [0, 0.05) is 6.26 Å². The van der Waals surface area contributed by atoms with E-state index in [0.29, 0.717) is 6.26 Å². The van der Waals surface area contributed by atoms with Crippen molar-refractivity contribution in [3.05, 3.63) is 0 Å². The standard InChI is InChI=1S/C5H9NO6S/c1-13(11,12)4(5(9)10)6-2-3(7)8/h4,6H,2H2,1H3,(H,7,8)(H,9,10). The molecule has 0 amide bonds. The molecule has 1 atom stereocenters. The van der Waals surface area contributed by atoms with Gasteiger partial charge in [0.15, 0.2) is 9.84 Å². The van der Waals surface area contributed by atoms with Gasteiger partial charge in [-0.2, -0.15) is 0 Å². The second kappa shape index (κ2) is 4.19. The summed E-state index contributed by atoms with van der Waals surface area (Å²) in [4.78, 5) is 20.3. The zero-order chi connectivity index (χ0) is 10.6. The third-order valence-corrected chi connectivity index (χ3v) is 2.32. The van der Waals surface area contributed by atoms with E-state index in [2.05, 4.69) is 0 Å². The molecule has 1 unspecified atom stereocenters. The average molecular weight is 211 g/mol. The zero-order valence-corrected chi connectivity index (χ0v) is 7.54. The van der Waals surface area contributed by atoms with E-state index >= 15 is 0 Å². The van der Waals surface area contributed by atoms with Gasteiger partial charge < -0.3 is 10.2 Å². The number of carboxylic acids is 2. The average Bonchev–Trinajstić information content (AvgIpc) is 1.81. The van der Waals surface area contributed by atoms with Crippen LogP contribution in [-0.4, -0.2) is 48.7 Å². The summed E-state index contributed by atoms with van der Waals surface area (Å²) in [6, 6.07) is 0. The monoisotopic (exact) mass is 211 g/mol. The molecule has 13 heavy (non-hydrogen) atoms. The van der Waals surface area contributed by atoms with Gasteiger partial charge in [-0.1, -0.05) is 0 Å². The van der Waals surface area contributed by atoms with E-state index < -0.39 is 33.7 Å². The van der Waals surface area contributed by atoms with Crippen LogP contribution in [0.15, 0.2) is 0 Å². The Kier molecular flexibility index (Phi) is 3.82. The van der Waals surface area contributed by atoms with E-state index in [1.54, 1.807) is 0 Å². The predicted molar refractivity (Wildman–Crippen MR) is 41.9 cm³/mol. The minimum Gasteiger partial charge on any atom is -0.480 e. The normalized spacial score (nSPS) is 13.6. The van der Waals surface area contributed by atoms with Gasteiger partial charge in [-0.05, 0) is 0 Å². The zero-order valence-electron chi connectivity index (χ0n) is 6.72. The number of nitrogens with one attached hydrogen (secondary N) is 1. The number of hydrogen-bond donors (Lipinski definition) is 3. The van der Waals surface area contributed by atoms with Crippen LogP contribution >= 0.6 is 0 Å². The molecule has 76 valence electrons. The largest absolute Gasteiger partial charge is 0.480 e. The fourth-order valence-corrected chi connectivity index (χ4v) is 1.35. The maximum atomic E-state index is 10.7. The lowest BCUT2D eigenvalue weighted by Crippen LogP contribution is -2.44. The van der Waals surface area contributed by atoms with Crippen molar-refractivity contribution < 1.29 is 28.2 Å². The minimum atomic E-state index is -3.83. The molecular weight excluding hydrogens is 202 g/mol. The number of carbonyl (C=O) groups is 2. The van der Waals surface area contributed by atoms with E-state index in [9.17, 15) is 18.0 Å². The van der Waals surface area contributed by atoms with Gasteiger partial charge in [0.1, 0.15) is 0 Å². The third kappa shape index (κ3) is 4.43. The molecule has 0 radical (unpaired) electrons. The molecule has 0 aliphatic heterocycles. The Balaban J connectivity index is 4.47. The first-order chi connectivity index (χ1) is 5.75. The Hall–Kier alpha value is -1.15. The van der Waals surface area contributed by atoms with Crippen molar-refractivity contribution in [1.29, 1.82) is 0 Å². The van der Waals surface area contributed by atoms with E-state index in [4.69, 9.17) is 10.2 Å². The smallest absolute Gasteiger partial charge is 0.336 e. The quantitative estimate of drug-likeness (QED) is 0.486. The molecule has 0 heterocycles. The molecule has 0 aromatic heterocycles. The highest BCUT2D eigenvalue weighted by atomic mass is 32.2. The summed E-state index contributed by atoms with van der Waals surface area (Å²) >= 11 is 0. The summed E-state index contributed by atoms with van der Waals surface area (Å²) in [6.07, 6.45) is 0.709. The first-order valence-electron chi connectivity index (χ1n) is 3.12. The summed E-state index contributed by atoms with van der Waals surface area (Å²) < 4.78 is 21.5. The van der Waals surface area contributed by atoms with Crippen LogP contribution in [0.25, 0.3) is 0 Å². The molecule has 0 aromatic carbocycles. The number of rotatable bonds is 5. The highest BCUT2D eigenvalue weighted by Gasteiger charge is 2.28. The summed E-state index contributed by atoms with van der Waals surface area (Å²) in [5.41, 5.74) is 0. The van der Waals surface area contributed by atoms with Gasteiger partial charge in [-0.3, -0.25) is 10.1 Å². The second-order valence-corrected chi connectivity index (χ2v) is 4.45. The molecule has 0 aromatic rings. The van der Waals surface area contributed by atoms with Gasteiger partial charge in [-0.15, -0.1) is 0 Å². The topological polar surface area (TPSA) is 121 Å². The SMILES string of the molecule is CS(=O)(=O)C(NCC(=O)O)C(=O)O. The van der Waals surface area contributed by atoms with Gasteiger partial charge in [-0.25, -0.2) is 13.2 Å². The van der Waals surface area contributed by atoms with Crippen molar-refractivity contribution in [3.63, 3.8) is 0 Å². The van der Waals surface area contributed by atoms with Crippen molar-refractivity contribution >= 4 is 21.8 Å². The van der Waals surface area contributed by atoms with E-state index in [1.807, 2.05) is 5.32 Å². The lowest BCUT2D eigenvalue weighted by molar-refractivity contribution is -0.138. The summed E-state index contributed by atoms with van der Waals surface area (Å²) in [5, 5.41) is 16.5. The second-order valence-electron chi connectivity index (χ2n) is 2.32. The molecule has 0 saturated heterocycles. The van der Waals surface area contributed by atoms with Crippen LogP contribution in [0.5, 0.6) is 0 Å². The Morgan fingerprint density at radius 2 is 1.85 bits per heavy atom. The third-order valence-electron chi connectivity index (χ3n) is 1.09. The fraction of sp³-hybridized carbons (Fsp3) is 0.600. The van der Waals surface area contributed by atoms with Gasteiger partial charge >= 0.3 is 11.9 Å². The minimum absolute atomic E-state index is 0.709. The molecule has 0 saturated carbocycles. The lowest BCUT2D eigenvalue weighted by Gasteiger charge is -2.09. The van der Waals surface area contributed by atoms with Gasteiger partial charge in [0.25, 0.3) is 0 Å². The van der Waals surface area contributed by atoms with Crippen LogP contribution in [-0.2, 0) is 19.4 Å². The Morgan fingerprint density at radius 1 is 1.38 bits per heavy atom. The molecule has 0 bridgehead atoms. The Labute approximate surface area is 74.3 Å². The summed E-state index contributed by atoms with van der Waals surface area (Å²) in [6.45, 7) is -0.718. The summed E-state index contributed by atoms with van der Waals surface area (Å²) in [5.74, 6) is -2.95. The van der Waals surface area contributed by atoms with Gasteiger partial charge in [0.05, 0.1) is 6.54 Å². The Bertz CT molecular complexity index is 307. The summed E-state index contributed by atoms with van der Waals surface area (Å²) in [7, 11) is -3.83. The number of hydrogen-bond acceptors (Lipinski definition) is 5. The lowest BCUT2D eigenvalue weighted by atomic mass is 10.6. The van der Waals surface area contributed by atoms with Crippen molar-refractivity contribution in [2.75, 3.05) is 12.8 Å². The van der Waals surface area contributed by atoms with Crippen molar-refractivity contribution in [3.8, 4) is 0 Å². The molecule has 7 nitrogen and oxygen atoms in total. The maximum Gasteiger partial charge on any atom is 0.336 e. The van der Waals surface area contributed by atoms with Crippen LogP contribution in [0, 0.1) is 0 Å². The molecule has 0 spiro atoms. The van der Waals surface area contributed by atoms with Crippen molar-refractivity contribution in [2.45, 2.75) is 5.37 Å². The van der Waals surface area contributed by atoms with E-state index in [0.717, 1.165) is 0 Å². The molecule has 8 heteroatoms. The molecule has 0 rings (SSSR count). The Morgan fingerprint density at radius 3 is 2.08 bits per heavy atom. The molecule has 0 aliphatic rings. The molecular formula is C5H9NO6S. The highest BCUT2D eigenvalue weighted by molar-refractivity contribution is 7.92. The van der Waals surface area contributed by atoms with Crippen LogP contribution in [0.3, 0.4) is 0 Å². The van der Waals surface area contributed by atoms with Crippen molar-refractivity contribution in [1.82, 2.24) is 5.32 Å². The van der Waals surface area contributed by atoms with Gasteiger partial charge in [0.2, 0.25) is 5.37 Å². The predicted octanol–water partition coefficient (Wildman–Crippen LogP) is -1.88. The molecule has 3 N–H and O–H groups in total. The van der Waals surface area contributed by atoms with Crippen molar-refractivity contribution in [2.24, 2.45) is 0 Å². The highest BCUT2D eigenvalue weighted by Crippen LogP contribution is 1.94. The van der Waals surface area contributed by atoms with E-state index in [-0.39, 0.29) is 0 Å². The van der Waals surface area contributed by atoms with Crippen LogP contribution < -0.4 is 5.32 Å². The number of sulfone groups is 1. The first-order valence-corrected chi connectivity index (χ1v) is 5.07. The number of carboxylic acid groups (broad SMARTS) is 2. The van der Waals surface area contributed by atoms with Crippen LogP contribution in [0.1, 0.15) is 0 Å².